The van der Waals surface area contributed by atoms with Crippen molar-refractivity contribution in [3.63, 3.8) is 0 Å². The van der Waals surface area contributed by atoms with Gasteiger partial charge in [-0.2, -0.15) is 15.0 Å². The summed E-state index contributed by atoms with van der Waals surface area (Å²) >= 11 is 0. The molecule has 1 rings (SSSR count). The van der Waals surface area contributed by atoms with Crippen LogP contribution in [0.1, 0.15) is 20.8 Å². The second-order valence-electron chi connectivity index (χ2n) is 4.59. The van der Waals surface area contributed by atoms with Gasteiger partial charge in [0.1, 0.15) is 0 Å². The zero-order valence-corrected chi connectivity index (χ0v) is 11.6. The van der Waals surface area contributed by atoms with Crippen molar-refractivity contribution >= 4 is 11.9 Å². The van der Waals surface area contributed by atoms with Gasteiger partial charge in [0.15, 0.2) is 0 Å². The lowest BCUT2D eigenvalue weighted by Gasteiger charge is -2.25. The van der Waals surface area contributed by atoms with E-state index in [9.17, 15) is 5.11 Å². The van der Waals surface area contributed by atoms with Crippen LogP contribution in [0.4, 0.5) is 11.9 Å². The molecule has 0 aliphatic carbocycles. The summed E-state index contributed by atoms with van der Waals surface area (Å²) < 4.78 is 5.28. The van der Waals surface area contributed by atoms with Gasteiger partial charge in [-0.15, -0.1) is 0 Å². The summed E-state index contributed by atoms with van der Waals surface area (Å²) in [5.74, 6) is 0.894. The maximum absolute atomic E-state index is 9.79. The van der Waals surface area contributed by atoms with E-state index in [1.807, 2.05) is 14.0 Å². The molecule has 7 heteroatoms. The average molecular weight is 255 g/mol. The molecule has 0 bridgehead atoms. The number of hydrogen-bond acceptors (Lipinski definition) is 7. The standard InChI is InChI=1S/C11H21N5O2/c1-6-18-10-14-8(12-4)13-9(15-10)16(5)7-11(2,3)17/h17H,6-7H2,1-5H3,(H,12,13,14,15). The molecule has 7 nitrogen and oxygen atoms in total. The van der Waals surface area contributed by atoms with Gasteiger partial charge in [0.05, 0.1) is 12.2 Å². The molecule has 0 unspecified atom stereocenters. The molecule has 0 aliphatic heterocycles. The van der Waals surface area contributed by atoms with Crippen molar-refractivity contribution in [1.82, 2.24) is 15.0 Å². The van der Waals surface area contributed by atoms with E-state index in [1.54, 1.807) is 25.8 Å². The summed E-state index contributed by atoms with van der Waals surface area (Å²) in [4.78, 5) is 14.2. The third-order valence-electron chi connectivity index (χ3n) is 2.07. The first-order chi connectivity index (χ1) is 8.35. The van der Waals surface area contributed by atoms with Gasteiger partial charge in [-0.05, 0) is 20.8 Å². The van der Waals surface area contributed by atoms with E-state index in [2.05, 4.69) is 20.3 Å². The van der Waals surface area contributed by atoms with Crippen LogP contribution in [0.15, 0.2) is 0 Å². The molecule has 1 aromatic rings. The van der Waals surface area contributed by atoms with Gasteiger partial charge in [0.2, 0.25) is 11.9 Å². The number of aliphatic hydroxyl groups is 1. The third kappa shape index (κ3) is 4.33. The number of nitrogens with one attached hydrogen (secondary N) is 1. The normalized spacial score (nSPS) is 11.2. The SMILES string of the molecule is CCOc1nc(NC)nc(N(C)CC(C)(C)O)n1. The molecule has 1 heterocycles. The van der Waals surface area contributed by atoms with Crippen molar-refractivity contribution in [3.05, 3.63) is 0 Å². The van der Waals surface area contributed by atoms with E-state index >= 15 is 0 Å². The highest BCUT2D eigenvalue weighted by Gasteiger charge is 2.19. The highest BCUT2D eigenvalue weighted by molar-refractivity contribution is 5.37. The molecule has 2 N–H and O–H groups in total. The van der Waals surface area contributed by atoms with Crippen LogP contribution in [0.25, 0.3) is 0 Å². The number of rotatable bonds is 6. The Labute approximate surface area is 107 Å². The molecule has 0 spiro atoms. The average Bonchev–Trinajstić information content (AvgIpc) is 2.26. The lowest BCUT2D eigenvalue weighted by atomic mass is 10.1. The van der Waals surface area contributed by atoms with E-state index < -0.39 is 5.60 Å². The predicted octanol–water partition coefficient (Wildman–Crippen LogP) is 0.519. The fourth-order valence-electron chi connectivity index (χ4n) is 1.47. The van der Waals surface area contributed by atoms with Crippen LogP contribution >= 0.6 is 0 Å². The van der Waals surface area contributed by atoms with Crippen molar-refractivity contribution in [1.29, 1.82) is 0 Å². The van der Waals surface area contributed by atoms with Gasteiger partial charge < -0.3 is 20.1 Å². The van der Waals surface area contributed by atoms with Crippen LogP contribution in [0.3, 0.4) is 0 Å². The molecule has 0 atom stereocenters. The molecule has 0 saturated heterocycles. The summed E-state index contributed by atoms with van der Waals surface area (Å²) in [6, 6.07) is 0.273. The molecule has 0 aromatic carbocycles. The fraction of sp³-hybridized carbons (Fsp3) is 0.727. The number of likely N-dealkylation sites (N-methyl/N-ethyl adjacent to an activating group) is 1. The van der Waals surface area contributed by atoms with Crippen LogP contribution in [0.5, 0.6) is 6.01 Å². The Morgan fingerprint density at radius 1 is 1.33 bits per heavy atom. The van der Waals surface area contributed by atoms with E-state index in [1.165, 1.54) is 0 Å². The molecule has 0 amide bonds. The molecule has 0 saturated carbocycles. The number of nitrogens with zero attached hydrogens (tertiary/aromatic N) is 4. The van der Waals surface area contributed by atoms with Crippen LogP contribution in [0.2, 0.25) is 0 Å². The molecule has 0 aliphatic rings. The summed E-state index contributed by atoms with van der Waals surface area (Å²) in [5.41, 5.74) is -0.826. The van der Waals surface area contributed by atoms with Crippen molar-refractivity contribution in [2.45, 2.75) is 26.4 Å². The number of hydrogen-bond donors (Lipinski definition) is 2. The van der Waals surface area contributed by atoms with Gasteiger partial charge in [-0.1, -0.05) is 0 Å². The number of anilines is 2. The molecule has 0 fully saturated rings. The maximum atomic E-state index is 9.79. The Morgan fingerprint density at radius 3 is 2.50 bits per heavy atom. The highest BCUT2D eigenvalue weighted by Crippen LogP contribution is 2.15. The minimum absolute atomic E-state index is 0.273. The molecule has 18 heavy (non-hydrogen) atoms. The van der Waals surface area contributed by atoms with Crippen LogP contribution in [-0.4, -0.2) is 52.9 Å². The first-order valence-corrected chi connectivity index (χ1v) is 5.86. The van der Waals surface area contributed by atoms with E-state index in [-0.39, 0.29) is 6.01 Å². The number of ether oxygens (including phenoxy) is 1. The first kappa shape index (κ1) is 14.4. The summed E-state index contributed by atoms with van der Waals surface area (Å²) in [6.07, 6.45) is 0. The fourth-order valence-corrected chi connectivity index (χ4v) is 1.47. The predicted molar refractivity (Wildman–Crippen MR) is 70.1 cm³/mol. The highest BCUT2D eigenvalue weighted by atomic mass is 16.5. The molecular formula is C11H21N5O2. The lowest BCUT2D eigenvalue weighted by Crippen LogP contribution is -2.37. The molecular weight excluding hydrogens is 234 g/mol. The zero-order chi connectivity index (χ0) is 13.8. The lowest BCUT2D eigenvalue weighted by molar-refractivity contribution is 0.0882. The van der Waals surface area contributed by atoms with Crippen molar-refractivity contribution in [3.8, 4) is 6.01 Å². The molecule has 102 valence electrons. The zero-order valence-electron chi connectivity index (χ0n) is 11.6. The van der Waals surface area contributed by atoms with Crippen molar-refractivity contribution < 1.29 is 9.84 Å². The Kier molecular flexibility index (Phi) is 4.66. The quantitative estimate of drug-likeness (QED) is 0.766. The van der Waals surface area contributed by atoms with Gasteiger partial charge >= 0.3 is 6.01 Å². The van der Waals surface area contributed by atoms with Gasteiger partial charge in [0.25, 0.3) is 0 Å². The van der Waals surface area contributed by atoms with Crippen molar-refractivity contribution in [2.75, 3.05) is 37.5 Å². The summed E-state index contributed by atoms with van der Waals surface area (Å²) in [6.45, 7) is 6.22. The largest absolute Gasteiger partial charge is 0.464 e. The Bertz CT molecular complexity index is 392. The number of aromatic nitrogens is 3. The van der Waals surface area contributed by atoms with E-state index in [0.717, 1.165) is 0 Å². The van der Waals surface area contributed by atoms with Crippen LogP contribution in [0, 0.1) is 0 Å². The van der Waals surface area contributed by atoms with Gasteiger partial charge in [-0.3, -0.25) is 0 Å². The van der Waals surface area contributed by atoms with Gasteiger partial charge in [0, 0.05) is 20.6 Å². The Morgan fingerprint density at radius 2 is 2.00 bits per heavy atom. The van der Waals surface area contributed by atoms with Crippen LogP contribution in [-0.2, 0) is 0 Å². The minimum atomic E-state index is -0.826. The van der Waals surface area contributed by atoms with Crippen LogP contribution < -0.4 is 15.0 Å². The molecule has 0 radical (unpaired) electrons. The Hall–Kier alpha value is -1.63. The third-order valence-corrected chi connectivity index (χ3v) is 2.07. The summed E-state index contributed by atoms with van der Waals surface area (Å²) in [7, 11) is 3.54. The van der Waals surface area contributed by atoms with E-state index in [4.69, 9.17) is 4.74 Å². The minimum Gasteiger partial charge on any atom is -0.464 e. The smallest absolute Gasteiger partial charge is 0.323 e. The second-order valence-corrected chi connectivity index (χ2v) is 4.59. The second kappa shape index (κ2) is 5.81. The maximum Gasteiger partial charge on any atom is 0.323 e. The monoisotopic (exact) mass is 255 g/mol. The topological polar surface area (TPSA) is 83.4 Å². The van der Waals surface area contributed by atoms with E-state index in [0.29, 0.717) is 25.0 Å². The van der Waals surface area contributed by atoms with Gasteiger partial charge in [-0.25, -0.2) is 0 Å². The van der Waals surface area contributed by atoms with Crippen molar-refractivity contribution in [2.24, 2.45) is 0 Å². The first-order valence-electron chi connectivity index (χ1n) is 5.86. The Balaban J connectivity index is 2.96. The molecule has 1 aromatic heterocycles. The summed E-state index contributed by atoms with van der Waals surface area (Å²) in [5, 5.41) is 12.6.